The van der Waals surface area contributed by atoms with Crippen LogP contribution in [0.25, 0.3) is 27.5 Å². The summed E-state index contributed by atoms with van der Waals surface area (Å²) in [5, 5.41) is 2.29. The zero-order valence-electron chi connectivity index (χ0n) is 29.6. The van der Waals surface area contributed by atoms with Crippen LogP contribution in [0.15, 0.2) is 109 Å². The molecule has 1 atom stereocenters. The quantitative estimate of drug-likeness (QED) is 0.170. The predicted octanol–water partition coefficient (Wildman–Crippen LogP) is 8.10. The number of nitrogens with zero attached hydrogens (tertiary/aromatic N) is 5. The van der Waals surface area contributed by atoms with Crippen molar-refractivity contribution in [1.29, 1.82) is 0 Å². The number of rotatable bonds is 3. The summed E-state index contributed by atoms with van der Waals surface area (Å²) in [4.78, 5) is 6.18. The summed E-state index contributed by atoms with van der Waals surface area (Å²) < 4.78 is 50.5. The van der Waals surface area contributed by atoms with Crippen LogP contribution in [0.4, 0.5) is 22.7 Å². The van der Waals surface area contributed by atoms with Gasteiger partial charge < -0.3 is 24.2 Å². The molecule has 0 N–H and O–H groups in total. The van der Waals surface area contributed by atoms with E-state index in [-0.39, 0.29) is 21.1 Å². The van der Waals surface area contributed by atoms with Crippen molar-refractivity contribution in [3.63, 3.8) is 0 Å². The molecule has 216 valence electrons. The first kappa shape index (κ1) is 21.3. The van der Waals surface area contributed by atoms with E-state index in [2.05, 4.69) is 78.2 Å². The Morgan fingerprint density at radius 2 is 1.52 bits per heavy atom. The smallest absolute Gasteiger partial charge is 0.510 e. The van der Waals surface area contributed by atoms with Gasteiger partial charge in [0.25, 0.3) is 0 Å². The topological polar surface area (TPSA) is 17.9 Å². The number of para-hydroxylation sites is 4. The van der Waals surface area contributed by atoms with Gasteiger partial charge in [0.05, 0.1) is 0 Å². The maximum Gasteiger partial charge on any atom is 4.00 e. The Hall–Kier alpha value is -4.47. The third-order valence-corrected chi connectivity index (χ3v) is 9.01. The van der Waals surface area contributed by atoms with E-state index in [0.29, 0.717) is 17.1 Å². The molecule has 6 aromatic rings. The van der Waals surface area contributed by atoms with Gasteiger partial charge in [-0.25, -0.2) is 0 Å². The molecule has 0 aliphatic carbocycles. The second kappa shape index (κ2) is 9.77. The summed E-state index contributed by atoms with van der Waals surface area (Å²) in [6, 6.07) is 39.8. The van der Waals surface area contributed by atoms with Crippen LogP contribution in [0.1, 0.15) is 31.8 Å². The van der Waals surface area contributed by atoms with Gasteiger partial charge in [-0.15, -0.1) is 34.6 Å². The Morgan fingerprint density at radius 3 is 2.39 bits per heavy atom. The molecule has 3 aliphatic heterocycles. The molecule has 9 rings (SSSR count). The molecule has 1 unspecified atom stereocenters. The Bertz CT molecular complexity index is 2350. The maximum absolute atomic E-state index is 8.22. The zero-order valence-corrected chi connectivity index (χ0v) is 25.9. The monoisotopic (exact) mass is 756 g/mol. The summed E-state index contributed by atoms with van der Waals surface area (Å²) in [5.41, 5.74) is 8.02. The minimum atomic E-state index is -2.37. The first-order chi connectivity index (χ1) is 23.4. The largest absolute Gasteiger partial charge is 4.00 e. The standard InChI is InChI=1S/C38H29N5.Pt/c1-38(26-10-8-11-27(22-26)41-21-20-39(2)24-41)31-14-9-13-30-29-12-4-5-15-33(29)43(37(30)31)34-19-18-28(23-32(34)38)42-25-40(3)35-16-6-7-17-36(35)42;/h4-21,24-25H,1-3H3;/q-4;+4/i2D3,3D3;. The van der Waals surface area contributed by atoms with Gasteiger partial charge in [-0.3, -0.25) is 0 Å². The van der Waals surface area contributed by atoms with E-state index in [1.165, 1.54) is 16.0 Å². The van der Waals surface area contributed by atoms with Crippen molar-refractivity contribution in [3.05, 3.63) is 152 Å². The Labute approximate surface area is 280 Å². The van der Waals surface area contributed by atoms with E-state index in [4.69, 9.17) is 8.22 Å². The second-order valence-corrected chi connectivity index (χ2v) is 11.3. The van der Waals surface area contributed by atoms with Gasteiger partial charge in [0.15, 0.2) is 0 Å². The van der Waals surface area contributed by atoms with Crippen molar-refractivity contribution in [2.24, 2.45) is 0 Å². The number of benzene rings is 5. The summed E-state index contributed by atoms with van der Waals surface area (Å²) in [6.07, 6.45) is 3.26. The molecule has 0 amide bonds. The third kappa shape index (κ3) is 3.63. The van der Waals surface area contributed by atoms with Gasteiger partial charge in [0, 0.05) is 46.8 Å². The van der Waals surface area contributed by atoms with Gasteiger partial charge in [0.1, 0.15) is 0 Å². The Morgan fingerprint density at radius 1 is 0.705 bits per heavy atom. The van der Waals surface area contributed by atoms with Crippen molar-refractivity contribution < 1.29 is 29.3 Å². The molecule has 1 aromatic heterocycles. The molecule has 0 bridgehead atoms. The summed E-state index contributed by atoms with van der Waals surface area (Å²) >= 11 is 0. The SMILES string of the molecule is [2H]C([2H])([2H])N1C=CN(c2[c-]c(C3(C)c4[c-]c(N5[CH-]N(C([2H])([2H])[2H])c6ccccc65)ccc4-n4c5ccccc5c5cccc3c54)ccc2)[CH-]1.[Pt+4]. The molecule has 0 fully saturated rings. The van der Waals surface area contributed by atoms with Crippen LogP contribution in [0.2, 0.25) is 0 Å². The molecule has 5 aromatic carbocycles. The van der Waals surface area contributed by atoms with Crippen LogP contribution in [-0.4, -0.2) is 23.4 Å². The van der Waals surface area contributed by atoms with Gasteiger partial charge in [-0.1, -0.05) is 61.1 Å². The summed E-state index contributed by atoms with van der Waals surface area (Å²) in [7, 11) is 0. The van der Waals surface area contributed by atoms with Gasteiger partial charge in [-0.05, 0) is 50.1 Å². The molecule has 0 saturated carbocycles. The Kier molecular flexibility index (Phi) is 4.72. The van der Waals surface area contributed by atoms with Crippen molar-refractivity contribution in [2.45, 2.75) is 12.3 Å². The maximum atomic E-state index is 8.22. The van der Waals surface area contributed by atoms with E-state index in [1.807, 2.05) is 47.4 Å². The minimum Gasteiger partial charge on any atom is -0.510 e. The molecule has 0 spiro atoms. The van der Waals surface area contributed by atoms with Crippen LogP contribution in [0.3, 0.4) is 0 Å². The molecule has 44 heavy (non-hydrogen) atoms. The van der Waals surface area contributed by atoms with Crippen LogP contribution < -0.4 is 14.7 Å². The number of hydrogen-bond donors (Lipinski definition) is 0. The van der Waals surface area contributed by atoms with Crippen LogP contribution in [0, 0.1) is 25.5 Å². The van der Waals surface area contributed by atoms with Crippen molar-refractivity contribution in [2.75, 3.05) is 28.7 Å². The predicted molar refractivity (Wildman–Crippen MR) is 175 cm³/mol. The van der Waals surface area contributed by atoms with Crippen LogP contribution >= 0.6 is 0 Å². The number of aromatic nitrogens is 1. The minimum absolute atomic E-state index is 0. The average Bonchev–Trinajstić information content (AvgIpc) is 3.83. The van der Waals surface area contributed by atoms with E-state index >= 15 is 0 Å². The van der Waals surface area contributed by atoms with Crippen molar-refractivity contribution in [3.8, 4) is 5.69 Å². The molecule has 4 heterocycles. The molecule has 3 aliphatic rings. The van der Waals surface area contributed by atoms with E-state index in [0.717, 1.165) is 49.9 Å². The van der Waals surface area contributed by atoms with Gasteiger partial charge >= 0.3 is 21.1 Å². The van der Waals surface area contributed by atoms with E-state index in [1.54, 1.807) is 24.4 Å². The fourth-order valence-corrected chi connectivity index (χ4v) is 6.97. The molecular weight excluding hydrogens is 722 g/mol. The molecule has 0 saturated heterocycles. The number of anilines is 4. The van der Waals surface area contributed by atoms with Gasteiger partial charge in [-0.2, -0.15) is 43.7 Å². The summed E-state index contributed by atoms with van der Waals surface area (Å²) in [5.74, 6) is 0. The third-order valence-electron chi connectivity index (χ3n) is 9.01. The molecule has 0 radical (unpaired) electrons. The van der Waals surface area contributed by atoms with Gasteiger partial charge in [0.2, 0.25) is 0 Å². The van der Waals surface area contributed by atoms with E-state index < -0.39 is 19.4 Å². The first-order valence-corrected chi connectivity index (χ1v) is 14.2. The second-order valence-electron chi connectivity index (χ2n) is 11.3. The Balaban J connectivity index is 0.00000361. The molecule has 6 heteroatoms. The van der Waals surface area contributed by atoms with Crippen LogP contribution in [0.5, 0.6) is 0 Å². The summed E-state index contributed by atoms with van der Waals surface area (Å²) in [6.45, 7) is 0.706. The molecular formula is C38H29N5Pt. The zero-order chi connectivity index (χ0) is 33.9. The molecule has 5 nitrogen and oxygen atoms in total. The number of fused-ring (bicyclic) bond motifs is 6. The van der Waals surface area contributed by atoms with Crippen molar-refractivity contribution in [1.82, 2.24) is 9.47 Å². The van der Waals surface area contributed by atoms with Crippen molar-refractivity contribution >= 4 is 44.6 Å². The average molecular weight is 757 g/mol. The number of hydrogen-bond acceptors (Lipinski definition) is 4. The van der Waals surface area contributed by atoms with Crippen LogP contribution in [-0.2, 0) is 26.5 Å². The van der Waals surface area contributed by atoms with E-state index in [9.17, 15) is 0 Å². The fourth-order valence-electron chi connectivity index (χ4n) is 6.97. The normalized spacial score (nSPS) is 20.8. The fraction of sp³-hybridized carbons (Fsp3) is 0.105. The first-order valence-electron chi connectivity index (χ1n) is 17.2.